The van der Waals surface area contributed by atoms with E-state index in [1.165, 1.54) is 16.7 Å². The van der Waals surface area contributed by atoms with Gasteiger partial charge < -0.3 is 10.4 Å². The SMILES string of the molecule is O[C@@H]1C[C@H](c2ccc(Br)cc2)[NH2+][C@@H](c2ccc(Br)cc2)[C@@H]1c1ccccc1. The largest absolute Gasteiger partial charge is 0.392 e. The predicted octanol–water partition coefficient (Wildman–Crippen LogP) is 5.11. The van der Waals surface area contributed by atoms with Gasteiger partial charge in [0.05, 0.1) is 12.0 Å². The molecule has 1 fully saturated rings. The van der Waals surface area contributed by atoms with Crippen LogP contribution >= 0.6 is 31.9 Å². The fourth-order valence-corrected chi connectivity index (χ4v) is 4.69. The summed E-state index contributed by atoms with van der Waals surface area (Å²) >= 11 is 7.05. The molecule has 1 saturated heterocycles. The van der Waals surface area contributed by atoms with Gasteiger partial charge in [0.2, 0.25) is 0 Å². The Labute approximate surface area is 176 Å². The highest BCUT2D eigenvalue weighted by molar-refractivity contribution is 9.10. The maximum Gasteiger partial charge on any atom is 0.121 e. The number of aliphatic hydroxyl groups is 1. The number of hydrogen-bond acceptors (Lipinski definition) is 1. The first-order chi connectivity index (χ1) is 13.1. The van der Waals surface area contributed by atoms with E-state index in [-0.39, 0.29) is 24.1 Å². The third kappa shape index (κ3) is 4.19. The number of aliphatic hydroxyl groups excluding tert-OH is 1. The highest BCUT2D eigenvalue weighted by Crippen LogP contribution is 2.38. The van der Waals surface area contributed by atoms with Gasteiger partial charge in [-0.15, -0.1) is 0 Å². The predicted molar refractivity (Wildman–Crippen MR) is 115 cm³/mol. The molecule has 0 amide bonds. The monoisotopic (exact) mass is 486 g/mol. The molecule has 0 aromatic heterocycles. The van der Waals surface area contributed by atoms with Crippen molar-refractivity contribution in [3.8, 4) is 0 Å². The number of nitrogens with two attached hydrogens (primary N) is 1. The van der Waals surface area contributed by atoms with E-state index < -0.39 is 0 Å². The van der Waals surface area contributed by atoms with Gasteiger partial charge in [-0.3, -0.25) is 0 Å². The molecule has 3 aromatic rings. The van der Waals surface area contributed by atoms with Crippen molar-refractivity contribution in [1.29, 1.82) is 0 Å². The molecular weight excluding hydrogens is 466 g/mol. The van der Waals surface area contributed by atoms with Crippen molar-refractivity contribution in [3.05, 3.63) is 104 Å². The molecule has 4 rings (SSSR count). The number of piperidine rings is 1. The molecule has 2 nitrogen and oxygen atoms in total. The Balaban J connectivity index is 1.71. The number of quaternary nitrogens is 1. The molecule has 1 heterocycles. The van der Waals surface area contributed by atoms with Crippen molar-refractivity contribution in [3.63, 3.8) is 0 Å². The van der Waals surface area contributed by atoms with Gasteiger partial charge in [-0.25, -0.2) is 0 Å². The second-order valence-corrected chi connectivity index (χ2v) is 9.00. The molecule has 4 heteroatoms. The van der Waals surface area contributed by atoms with Crippen molar-refractivity contribution < 1.29 is 10.4 Å². The Morgan fingerprint density at radius 3 is 1.85 bits per heavy atom. The van der Waals surface area contributed by atoms with E-state index >= 15 is 0 Å². The molecule has 3 aromatic carbocycles. The summed E-state index contributed by atoms with van der Waals surface area (Å²) in [5.41, 5.74) is 3.70. The molecule has 0 aliphatic carbocycles. The summed E-state index contributed by atoms with van der Waals surface area (Å²) in [7, 11) is 0. The summed E-state index contributed by atoms with van der Waals surface area (Å²) in [5, 5.41) is 13.6. The minimum absolute atomic E-state index is 0.0686. The van der Waals surface area contributed by atoms with Crippen molar-refractivity contribution >= 4 is 31.9 Å². The van der Waals surface area contributed by atoms with Crippen LogP contribution in [0.5, 0.6) is 0 Å². The Bertz CT molecular complexity index is 881. The third-order valence-corrected chi connectivity index (χ3v) is 6.53. The number of benzene rings is 3. The first-order valence-electron chi connectivity index (χ1n) is 9.21. The molecule has 0 radical (unpaired) electrons. The highest BCUT2D eigenvalue weighted by atomic mass is 79.9. The van der Waals surface area contributed by atoms with E-state index in [0.29, 0.717) is 0 Å². The van der Waals surface area contributed by atoms with Gasteiger partial charge in [-0.1, -0.05) is 86.5 Å². The van der Waals surface area contributed by atoms with E-state index in [2.05, 4.69) is 110 Å². The molecule has 4 atom stereocenters. The Morgan fingerprint density at radius 1 is 0.704 bits per heavy atom. The quantitative estimate of drug-likeness (QED) is 0.529. The van der Waals surface area contributed by atoms with Crippen LogP contribution in [0, 0.1) is 0 Å². The van der Waals surface area contributed by atoms with E-state index in [0.717, 1.165) is 15.4 Å². The van der Waals surface area contributed by atoms with Crippen LogP contribution in [-0.2, 0) is 0 Å². The number of rotatable bonds is 3. The fourth-order valence-electron chi connectivity index (χ4n) is 4.16. The molecule has 0 saturated carbocycles. The van der Waals surface area contributed by atoms with Crippen molar-refractivity contribution in [2.45, 2.75) is 30.5 Å². The molecule has 138 valence electrons. The smallest absolute Gasteiger partial charge is 0.121 e. The lowest BCUT2D eigenvalue weighted by Crippen LogP contribution is -2.90. The maximum absolute atomic E-state index is 11.2. The summed E-state index contributed by atoms with van der Waals surface area (Å²) in [5.74, 6) is 0.0686. The van der Waals surface area contributed by atoms with Crippen LogP contribution in [-0.4, -0.2) is 11.2 Å². The molecule has 3 N–H and O–H groups in total. The zero-order valence-corrected chi connectivity index (χ0v) is 18.0. The third-order valence-electron chi connectivity index (χ3n) is 5.47. The van der Waals surface area contributed by atoms with E-state index in [1.54, 1.807) is 0 Å². The van der Waals surface area contributed by atoms with Crippen LogP contribution in [0.2, 0.25) is 0 Å². The molecule has 0 spiro atoms. The van der Waals surface area contributed by atoms with E-state index in [4.69, 9.17) is 0 Å². The number of hydrogen-bond donors (Lipinski definition) is 2. The summed E-state index contributed by atoms with van der Waals surface area (Å²) in [6, 6.07) is 27.8. The zero-order valence-electron chi connectivity index (χ0n) is 14.8. The molecule has 1 aliphatic heterocycles. The fraction of sp³-hybridized carbons (Fsp3) is 0.217. The summed E-state index contributed by atoms with van der Waals surface area (Å²) in [6.45, 7) is 0. The van der Waals surface area contributed by atoms with Gasteiger partial charge >= 0.3 is 0 Å². The first-order valence-corrected chi connectivity index (χ1v) is 10.8. The van der Waals surface area contributed by atoms with Crippen molar-refractivity contribution in [1.82, 2.24) is 0 Å². The maximum atomic E-state index is 11.2. The van der Waals surface area contributed by atoms with Crippen molar-refractivity contribution in [2.24, 2.45) is 0 Å². The second-order valence-electron chi connectivity index (χ2n) is 7.17. The molecule has 27 heavy (non-hydrogen) atoms. The van der Waals surface area contributed by atoms with Crippen LogP contribution < -0.4 is 5.32 Å². The van der Waals surface area contributed by atoms with Gasteiger partial charge in [0.15, 0.2) is 0 Å². The Kier molecular flexibility index (Phi) is 5.79. The topological polar surface area (TPSA) is 36.8 Å². The zero-order chi connectivity index (χ0) is 18.8. The normalized spacial score (nSPS) is 25.3. The summed E-state index contributed by atoms with van der Waals surface area (Å²) in [6.07, 6.45) is 0.355. The van der Waals surface area contributed by atoms with Gasteiger partial charge in [0, 0.05) is 26.5 Å². The lowest BCUT2D eigenvalue weighted by atomic mass is 9.76. The molecule has 0 unspecified atom stereocenters. The second kappa shape index (κ2) is 8.27. The van der Waals surface area contributed by atoms with Crippen molar-refractivity contribution in [2.75, 3.05) is 0 Å². The van der Waals surface area contributed by atoms with Crippen LogP contribution in [0.4, 0.5) is 0 Å². The minimum atomic E-state index is -0.389. The average Bonchev–Trinajstić information content (AvgIpc) is 2.69. The van der Waals surface area contributed by atoms with Crippen LogP contribution in [0.25, 0.3) is 0 Å². The first kappa shape index (κ1) is 18.9. The highest BCUT2D eigenvalue weighted by Gasteiger charge is 2.42. The van der Waals surface area contributed by atoms with Gasteiger partial charge in [-0.2, -0.15) is 0 Å². The Hall–Kier alpha value is -1.46. The van der Waals surface area contributed by atoms with Crippen LogP contribution in [0.15, 0.2) is 87.8 Å². The van der Waals surface area contributed by atoms with Gasteiger partial charge in [0.1, 0.15) is 12.1 Å². The molecule has 1 aliphatic rings. The molecule has 0 bridgehead atoms. The lowest BCUT2D eigenvalue weighted by Gasteiger charge is -2.38. The van der Waals surface area contributed by atoms with Crippen LogP contribution in [0.3, 0.4) is 0 Å². The Morgan fingerprint density at radius 2 is 1.26 bits per heavy atom. The van der Waals surface area contributed by atoms with E-state index in [1.807, 2.05) is 6.07 Å². The van der Waals surface area contributed by atoms with Crippen LogP contribution in [0.1, 0.15) is 41.1 Å². The minimum Gasteiger partial charge on any atom is -0.392 e. The summed E-state index contributed by atoms with van der Waals surface area (Å²) < 4.78 is 2.15. The standard InChI is InChI=1S/C23H21Br2NO/c24-18-10-6-15(7-11-18)20-14-21(27)22(16-4-2-1-3-5-16)23(26-20)17-8-12-19(25)13-9-17/h1-13,20-23,26-27H,14H2/p+1/t20-,21-,22-,23+/m1/s1. The average molecular weight is 488 g/mol. The lowest BCUT2D eigenvalue weighted by molar-refractivity contribution is -0.749. The number of halogens is 2. The van der Waals surface area contributed by atoms with Gasteiger partial charge in [0.25, 0.3) is 0 Å². The summed E-state index contributed by atoms with van der Waals surface area (Å²) in [4.78, 5) is 0. The van der Waals surface area contributed by atoms with E-state index in [9.17, 15) is 5.11 Å². The van der Waals surface area contributed by atoms with Gasteiger partial charge in [-0.05, 0) is 29.8 Å². The molecular formula is C23H22Br2NO+.